The van der Waals surface area contributed by atoms with Crippen LogP contribution in [0.4, 0.5) is 0 Å². The molecular formula is C13H12N2O. The minimum absolute atomic E-state index is 0.179. The topological polar surface area (TPSA) is 34.9 Å². The van der Waals surface area contributed by atoms with Gasteiger partial charge in [0.2, 0.25) is 0 Å². The average Bonchev–Trinajstić information content (AvgIpc) is 2.78. The molecule has 3 heteroatoms. The number of carbonyl (C=O) groups is 1. The Morgan fingerprint density at radius 1 is 1.44 bits per heavy atom. The molecule has 1 aliphatic rings. The first kappa shape index (κ1) is 9.33. The van der Waals surface area contributed by atoms with Crippen LogP contribution in [0, 0.1) is 0 Å². The van der Waals surface area contributed by atoms with Crippen molar-refractivity contribution in [3.63, 3.8) is 0 Å². The van der Waals surface area contributed by atoms with E-state index in [4.69, 9.17) is 0 Å². The van der Waals surface area contributed by atoms with Gasteiger partial charge in [-0.05, 0) is 12.5 Å². The zero-order valence-electron chi connectivity index (χ0n) is 9.10. The van der Waals surface area contributed by atoms with E-state index in [-0.39, 0.29) is 5.78 Å². The molecule has 16 heavy (non-hydrogen) atoms. The Balaban J connectivity index is 2.08. The van der Waals surface area contributed by atoms with E-state index in [1.807, 2.05) is 18.3 Å². The minimum atomic E-state index is 0.179. The van der Waals surface area contributed by atoms with Crippen molar-refractivity contribution in [2.75, 3.05) is 0 Å². The highest BCUT2D eigenvalue weighted by Gasteiger charge is 2.21. The summed E-state index contributed by atoms with van der Waals surface area (Å²) in [4.78, 5) is 15.5. The molecule has 3 nitrogen and oxygen atoms in total. The molecule has 80 valence electrons. The van der Waals surface area contributed by atoms with Gasteiger partial charge in [0.15, 0.2) is 0 Å². The Morgan fingerprint density at radius 2 is 2.25 bits per heavy atom. The van der Waals surface area contributed by atoms with Crippen LogP contribution in [0.25, 0.3) is 11.4 Å². The molecule has 2 heterocycles. The standard InChI is InChI=1S/C13H12N2O/c1-9(16)6-11-7-14-13-12-5-3-2-4-10(12)8-15(11)13/h2-5,7H,6,8H2,1H3. The van der Waals surface area contributed by atoms with Gasteiger partial charge in [-0.25, -0.2) is 4.98 Å². The van der Waals surface area contributed by atoms with E-state index >= 15 is 0 Å². The van der Waals surface area contributed by atoms with Crippen LogP contribution in [0.2, 0.25) is 0 Å². The SMILES string of the molecule is CC(=O)Cc1cnc2n1Cc1ccccc1-2. The highest BCUT2D eigenvalue weighted by Crippen LogP contribution is 2.31. The quantitative estimate of drug-likeness (QED) is 0.651. The van der Waals surface area contributed by atoms with E-state index < -0.39 is 0 Å². The third kappa shape index (κ3) is 1.28. The molecule has 1 aromatic carbocycles. The lowest BCUT2D eigenvalue weighted by atomic mass is 10.1. The summed E-state index contributed by atoms with van der Waals surface area (Å²) in [5.74, 6) is 1.17. The third-order valence-corrected chi connectivity index (χ3v) is 2.96. The summed E-state index contributed by atoms with van der Waals surface area (Å²) in [6, 6.07) is 8.25. The Morgan fingerprint density at radius 3 is 3.06 bits per heavy atom. The molecule has 0 atom stereocenters. The molecule has 0 spiro atoms. The van der Waals surface area contributed by atoms with Crippen molar-refractivity contribution < 1.29 is 4.79 Å². The largest absolute Gasteiger partial charge is 0.323 e. The maximum absolute atomic E-state index is 11.1. The predicted octanol–water partition coefficient (Wildman–Crippen LogP) is 2.04. The van der Waals surface area contributed by atoms with Crippen LogP contribution in [0.1, 0.15) is 18.2 Å². The van der Waals surface area contributed by atoms with Crippen molar-refractivity contribution >= 4 is 5.78 Å². The van der Waals surface area contributed by atoms with Crippen molar-refractivity contribution in [2.24, 2.45) is 0 Å². The molecule has 0 saturated carbocycles. The summed E-state index contributed by atoms with van der Waals surface area (Å²) in [6.45, 7) is 2.45. The number of ketones is 1. The van der Waals surface area contributed by atoms with E-state index in [1.165, 1.54) is 11.1 Å². The molecule has 1 aliphatic heterocycles. The van der Waals surface area contributed by atoms with Gasteiger partial charge in [0, 0.05) is 23.9 Å². The van der Waals surface area contributed by atoms with Gasteiger partial charge in [-0.3, -0.25) is 4.79 Å². The number of fused-ring (bicyclic) bond motifs is 3. The van der Waals surface area contributed by atoms with E-state index in [0.29, 0.717) is 6.42 Å². The van der Waals surface area contributed by atoms with Crippen molar-refractivity contribution in [3.8, 4) is 11.4 Å². The average molecular weight is 212 g/mol. The van der Waals surface area contributed by atoms with Crippen LogP contribution < -0.4 is 0 Å². The van der Waals surface area contributed by atoms with Gasteiger partial charge in [-0.2, -0.15) is 0 Å². The molecule has 2 aromatic rings. The summed E-state index contributed by atoms with van der Waals surface area (Å²) in [6.07, 6.45) is 2.29. The zero-order chi connectivity index (χ0) is 11.1. The predicted molar refractivity (Wildman–Crippen MR) is 61.2 cm³/mol. The number of aromatic nitrogens is 2. The number of hydrogen-bond donors (Lipinski definition) is 0. The lowest BCUT2D eigenvalue weighted by Gasteiger charge is -2.01. The van der Waals surface area contributed by atoms with Crippen LogP contribution in [-0.2, 0) is 17.8 Å². The highest BCUT2D eigenvalue weighted by atomic mass is 16.1. The summed E-state index contributed by atoms with van der Waals surface area (Å²) < 4.78 is 2.13. The Labute approximate surface area is 93.7 Å². The molecule has 0 bridgehead atoms. The van der Waals surface area contributed by atoms with E-state index in [0.717, 1.165) is 18.1 Å². The van der Waals surface area contributed by atoms with Gasteiger partial charge in [0.05, 0.1) is 6.54 Å². The zero-order valence-corrected chi connectivity index (χ0v) is 9.10. The number of imidazole rings is 1. The fraction of sp³-hybridized carbons (Fsp3) is 0.231. The second kappa shape index (κ2) is 3.30. The number of Topliss-reactive ketones (excluding diaryl/α,β-unsaturated/α-hetero) is 1. The number of benzene rings is 1. The number of rotatable bonds is 2. The highest BCUT2D eigenvalue weighted by molar-refractivity contribution is 5.78. The summed E-state index contributed by atoms with van der Waals surface area (Å²) in [5.41, 5.74) is 3.49. The van der Waals surface area contributed by atoms with Crippen molar-refractivity contribution in [3.05, 3.63) is 41.7 Å². The monoisotopic (exact) mass is 212 g/mol. The van der Waals surface area contributed by atoms with E-state index in [2.05, 4.69) is 21.7 Å². The van der Waals surface area contributed by atoms with Gasteiger partial charge in [0.1, 0.15) is 11.6 Å². The van der Waals surface area contributed by atoms with Crippen LogP contribution in [0.15, 0.2) is 30.5 Å². The molecule has 0 saturated heterocycles. The first-order valence-corrected chi connectivity index (χ1v) is 5.38. The minimum Gasteiger partial charge on any atom is -0.323 e. The fourth-order valence-corrected chi connectivity index (χ4v) is 2.25. The lowest BCUT2D eigenvalue weighted by molar-refractivity contribution is -0.116. The van der Waals surface area contributed by atoms with Crippen LogP contribution in [0.3, 0.4) is 0 Å². The van der Waals surface area contributed by atoms with Crippen LogP contribution >= 0.6 is 0 Å². The molecule has 1 aromatic heterocycles. The molecule has 3 rings (SSSR count). The maximum atomic E-state index is 11.1. The molecule has 0 N–H and O–H groups in total. The lowest BCUT2D eigenvalue weighted by Crippen LogP contribution is -2.04. The third-order valence-electron chi connectivity index (χ3n) is 2.96. The maximum Gasteiger partial charge on any atom is 0.140 e. The van der Waals surface area contributed by atoms with Gasteiger partial charge >= 0.3 is 0 Å². The first-order chi connectivity index (χ1) is 7.75. The fourth-order valence-electron chi connectivity index (χ4n) is 2.25. The molecule has 0 amide bonds. The number of hydrogen-bond acceptors (Lipinski definition) is 2. The molecule has 0 unspecified atom stereocenters. The smallest absolute Gasteiger partial charge is 0.140 e. The van der Waals surface area contributed by atoms with Crippen molar-refractivity contribution in [2.45, 2.75) is 19.9 Å². The number of carbonyl (C=O) groups excluding carboxylic acids is 1. The molecular weight excluding hydrogens is 200 g/mol. The summed E-state index contributed by atoms with van der Waals surface area (Å²) >= 11 is 0. The second-order valence-corrected chi connectivity index (χ2v) is 4.20. The Kier molecular flexibility index (Phi) is 1.93. The van der Waals surface area contributed by atoms with E-state index in [1.54, 1.807) is 6.92 Å². The van der Waals surface area contributed by atoms with Crippen LogP contribution in [0.5, 0.6) is 0 Å². The molecule has 0 aliphatic carbocycles. The van der Waals surface area contributed by atoms with Gasteiger partial charge in [0.25, 0.3) is 0 Å². The van der Waals surface area contributed by atoms with Crippen molar-refractivity contribution in [1.82, 2.24) is 9.55 Å². The molecule has 0 radical (unpaired) electrons. The van der Waals surface area contributed by atoms with Crippen LogP contribution in [-0.4, -0.2) is 15.3 Å². The number of nitrogens with zero attached hydrogens (tertiary/aromatic N) is 2. The molecule has 0 fully saturated rings. The first-order valence-electron chi connectivity index (χ1n) is 5.38. The van der Waals surface area contributed by atoms with E-state index in [9.17, 15) is 4.79 Å². The summed E-state index contributed by atoms with van der Waals surface area (Å²) in [5, 5.41) is 0. The second-order valence-electron chi connectivity index (χ2n) is 4.20. The Bertz CT molecular complexity index is 569. The van der Waals surface area contributed by atoms with Crippen molar-refractivity contribution in [1.29, 1.82) is 0 Å². The Hall–Kier alpha value is -1.90. The van der Waals surface area contributed by atoms with Gasteiger partial charge in [-0.1, -0.05) is 24.3 Å². The van der Waals surface area contributed by atoms with Gasteiger partial charge in [-0.15, -0.1) is 0 Å². The van der Waals surface area contributed by atoms with Gasteiger partial charge < -0.3 is 4.57 Å². The normalized spacial score (nSPS) is 12.3. The summed E-state index contributed by atoms with van der Waals surface area (Å²) in [7, 11) is 0.